The molecular formula is C13H15N3O. The highest BCUT2D eigenvalue weighted by molar-refractivity contribution is 5.47. The minimum Gasteiger partial charge on any atom is -0.370 e. The minimum absolute atomic E-state index is 0.0604. The lowest BCUT2D eigenvalue weighted by Crippen LogP contribution is -2.24. The molecule has 4 heteroatoms. The average Bonchev–Trinajstić information content (AvgIpc) is 2.68. The van der Waals surface area contributed by atoms with Gasteiger partial charge < -0.3 is 5.32 Å². The van der Waals surface area contributed by atoms with Crippen molar-refractivity contribution < 1.29 is 0 Å². The quantitative estimate of drug-likeness (QED) is 0.783. The topological polar surface area (TPSA) is 49.8 Å². The number of H-pyrrole nitrogens is 1. The van der Waals surface area contributed by atoms with Crippen LogP contribution in [0, 0.1) is 5.92 Å². The van der Waals surface area contributed by atoms with Crippen molar-refractivity contribution in [3.8, 4) is 5.69 Å². The van der Waals surface area contributed by atoms with Gasteiger partial charge in [0.25, 0.3) is 5.56 Å². The maximum atomic E-state index is 12.3. The fraction of sp³-hybridized carbons (Fsp3) is 0.308. The molecule has 2 N–H and O–H groups in total. The summed E-state index contributed by atoms with van der Waals surface area (Å²) in [5, 5.41) is 6.40. The van der Waals surface area contributed by atoms with Crippen molar-refractivity contribution in [2.75, 3.05) is 11.9 Å². The van der Waals surface area contributed by atoms with Crippen LogP contribution in [0.4, 0.5) is 5.82 Å². The maximum Gasteiger partial charge on any atom is 0.276 e. The summed E-state index contributed by atoms with van der Waals surface area (Å²) in [6.07, 6.45) is 0.845. The highest BCUT2D eigenvalue weighted by atomic mass is 16.1. The third-order valence-electron chi connectivity index (χ3n) is 3.18. The van der Waals surface area contributed by atoms with Gasteiger partial charge in [-0.2, -0.15) is 0 Å². The molecule has 1 aliphatic rings. The molecular weight excluding hydrogens is 214 g/mol. The first-order valence-electron chi connectivity index (χ1n) is 5.89. The van der Waals surface area contributed by atoms with Gasteiger partial charge in [-0.1, -0.05) is 25.1 Å². The molecule has 1 aromatic heterocycles. The van der Waals surface area contributed by atoms with Gasteiger partial charge in [0.1, 0.15) is 5.82 Å². The summed E-state index contributed by atoms with van der Waals surface area (Å²) in [5.41, 5.74) is 1.80. The first-order chi connectivity index (χ1) is 8.25. The number of nitrogens with one attached hydrogen (secondary N) is 2. The summed E-state index contributed by atoms with van der Waals surface area (Å²) < 4.78 is 1.61. The van der Waals surface area contributed by atoms with E-state index >= 15 is 0 Å². The van der Waals surface area contributed by atoms with Gasteiger partial charge in [0.15, 0.2) is 0 Å². The summed E-state index contributed by atoms with van der Waals surface area (Å²) in [4.78, 5) is 12.3. The SMILES string of the molecule is C[C@H]1CNc2[nH]n(-c3ccccc3)c(=O)c2C1. The van der Waals surface area contributed by atoms with Gasteiger partial charge in [0.2, 0.25) is 0 Å². The summed E-state index contributed by atoms with van der Waals surface area (Å²) in [7, 11) is 0. The van der Waals surface area contributed by atoms with Crippen LogP contribution < -0.4 is 10.9 Å². The summed E-state index contributed by atoms with van der Waals surface area (Å²) in [6.45, 7) is 3.07. The van der Waals surface area contributed by atoms with Gasteiger partial charge in [-0.25, -0.2) is 4.68 Å². The molecule has 0 saturated carbocycles. The number of hydrogen-bond acceptors (Lipinski definition) is 2. The van der Waals surface area contributed by atoms with Gasteiger partial charge in [0, 0.05) is 6.54 Å². The van der Waals surface area contributed by atoms with Crippen molar-refractivity contribution in [1.82, 2.24) is 9.78 Å². The van der Waals surface area contributed by atoms with Gasteiger partial charge in [-0.05, 0) is 24.5 Å². The molecule has 4 nitrogen and oxygen atoms in total. The van der Waals surface area contributed by atoms with Crippen LogP contribution in [0.5, 0.6) is 0 Å². The standard InChI is InChI=1S/C13H15N3O/c1-9-7-11-12(14-8-9)15-16(13(11)17)10-5-3-2-4-6-10/h2-6,9,14-15H,7-8H2,1H3/t9-/m1/s1. The van der Waals surface area contributed by atoms with E-state index in [1.807, 2.05) is 30.3 Å². The molecule has 1 atom stereocenters. The second kappa shape index (κ2) is 3.80. The van der Waals surface area contributed by atoms with Crippen molar-refractivity contribution in [3.05, 3.63) is 46.2 Å². The molecule has 0 aliphatic carbocycles. The van der Waals surface area contributed by atoms with Crippen LogP contribution in [0.15, 0.2) is 35.1 Å². The Bertz CT molecular complexity index is 582. The number of nitrogens with zero attached hydrogens (tertiary/aromatic N) is 1. The van der Waals surface area contributed by atoms with E-state index in [4.69, 9.17) is 0 Å². The Hall–Kier alpha value is -1.97. The number of fused-ring (bicyclic) bond motifs is 1. The van der Waals surface area contributed by atoms with Crippen LogP contribution in [0.2, 0.25) is 0 Å². The predicted octanol–water partition coefficient (Wildman–Crippen LogP) is 1.77. The molecule has 3 rings (SSSR count). The largest absolute Gasteiger partial charge is 0.370 e. The second-order valence-corrected chi connectivity index (χ2v) is 4.63. The van der Waals surface area contributed by atoms with E-state index in [-0.39, 0.29) is 5.56 Å². The molecule has 88 valence electrons. The van der Waals surface area contributed by atoms with E-state index in [0.29, 0.717) is 5.92 Å². The van der Waals surface area contributed by atoms with E-state index in [1.165, 1.54) is 0 Å². The van der Waals surface area contributed by atoms with Crippen LogP contribution in [0.25, 0.3) is 5.69 Å². The number of hydrogen-bond donors (Lipinski definition) is 2. The Kier molecular flexibility index (Phi) is 2.28. The molecule has 2 aromatic rings. The van der Waals surface area contributed by atoms with E-state index in [2.05, 4.69) is 17.3 Å². The van der Waals surface area contributed by atoms with Crippen LogP contribution in [0.3, 0.4) is 0 Å². The van der Waals surface area contributed by atoms with Gasteiger partial charge in [-0.15, -0.1) is 0 Å². The van der Waals surface area contributed by atoms with Crippen molar-refractivity contribution in [2.24, 2.45) is 5.92 Å². The molecule has 2 heterocycles. The van der Waals surface area contributed by atoms with Crippen molar-refractivity contribution in [2.45, 2.75) is 13.3 Å². The molecule has 0 fully saturated rings. The third kappa shape index (κ3) is 1.65. The second-order valence-electron chi connectivity index (χ2n) is 4.63. The molecule has 0 unspecified atom stereocenters. The zero-order valence-corrected chi connectivity index (χ0v) is 9.73. The van der Waals surface area contributed by atoms with Crippen molar-refractivity contribution in [1.29, 1.82) is 0 Å². The lowest BCUT2D eigenvalue weighted by atomic mass is 10.00. The monoisotopic (exact) mass is 229 g/mol. The number of aromatic nitrogens is 2. The number of para-hydroxylation sites is 1. The lowest BCUT2D eigenvalue weighted by molar-refractivity contribution is 0.592. The van der Waals surface area contributed by atoms with Gasteiger partial charge in [-0.3, -0.25) is 9.89 Å². The van der Waals surface area contributed by atoms with E-state index < -0.39 is 0 Å². The van der Waals surface area contributed by atoms with Crippen LogP contribution in [-0.4, -0.2) is 16.3 Å². The number of aromatic amines is 1. The van der Waals surface area contributed by atoms with Gasteiger partial charge in [0.05, 0.1) is 11.3 Å². The fourth-order valence-corrected chi connectivity index (χ4v) is 2.26. The smallest absolute Gasteiger partial charge is 0.276 e. The van der Waals surface area contributed by atoms with E-state index in [9.17, 15) is 4.79 Å². The Balaban J connectivity index is 2.12. The highest BCUT2D eigenvalue weighted by Gasteiger charge is 2.21. The zero-order valence-electron chi connectivity index (χ0n) is 9.73. The van der Waals surface area contributed by atoms with Crippen LogP contribution >= 0.6 is 0 Å². The zero-order chi connectivity index (χ0) is 11.8. The first kappa shape index (κ1) is 10.2. The number of benzene rings is 1. The minimum atomic E-state index is 0.0604. The molecule has 0 radical (unpaired) electrons. The van der Waals surface area contributed by atoms with E-state index in [1.54, 1.807) is 4.68 Å². The average molecular weight is 229 g/mol. The first-order valence-corrected chi connectivity index (χ1v) is 5.89. The number of anilines is 1. The molecule has 0 bridgehead atoms. The molecule has 0 saturated heterocycles. The Morgan fingerprint density at radius 2 is 2.06 bits per heavy atom. The van der Waals surface area contributed by atoms with Crippen molar-refractivity contribution >= 4 is 5.82 Å². The van der Waals surface area contributed by atoms with Gasteiger partial charge >= 0.3 is 0 Å². The molecule has 1 aromatic carbocycles. The summed E-state index contributed by atoms with van der Waals surface area (Å²) in [6, 6.07) is 9.65. The Morgan fingerprint density at radius 3 is 2.82 bits per heavy atom. The van der Waals surface area contributed by atoms with Crippen LogP contribution in [0.1, 0.15) is 12.5 Å². The summed E-state index contributed by atoms with van der Waals surface area (Å²) >= 11 is 0. The Labute approximate surface area is 99.3 Å². The van der Waals surface area contributed by atoms with Crippen LogP contribution in [-0.2, 0) is 6.42 Å². The molecule has 17 heavy (non-hydrogen) atoms. The van der Waals surface area contributed by atoms with Crippen molar-refractivity contribution in [3.63, 3.8) is 0 Å². The summed E-state index contributed by atoms with van der Waals surface area (Å²) in [5.74, 6) is 1.38. The third-order valence-corrected chi connectivity index (χ3v) is 3.18. The normalized spacial score (nSPS) is 18.5. The molecule has 0 spiro atoms. The maximum absolute atomic E-state index is 12.3. The predicted molar refractivity (Wildman–Crippen MR) is 67.7 cm³/mol. The molecule has 1 aliphatic heterocycles. The Morgan fingerprint density at radius 1 is 1.29 bits per heavy atom. The van der Waals surface area contributed by atoms with E-state index in [0.717, 1.165) is 30.0 Å². The fourth-order valence-electron chi connectivity index (χ4n) is 2.26. The molecule has 0 amide bonds. The number of rotatable bonds is 1. The lowest BCUT2D eigenvalue weighted by Gasteiger charge is -2.18. The highest BCUT2D eigenvalue weighted by Crippen LogP contribution is 2.20.